The van der Waals surface area contributed by atoms with Crippen LogP contribution in [0.2, 0.25) is 0 Å². The molecule has 7 heteroatoms. The van der Waals surface area contributed by atoms with E-state index in [1.165, 1.54) is 0 Å². The lowest BCUT2D eigenvalue weighted by Gasteiger charge is -2.29. The normalized spacial score (nSPS) is 18.2. The zero-order valence-corrected chi connectivity index (χ0v) is 22.3. The Kier molecular flexibility index (Phi) is 9.41. The number of morpholine rings is 1. The van der Waals surface area contributed by atoms with Crippen LogP contribution in [0.25, 0.3) is 0 Å². The van der Waals surface area contributed by atoms with Gasteiger partial charge in [-0.25, -0.2) is 5.09 Å². The van der Waals surface area contributed by atoms with Crippen molar-refractivity contribution in [3.63, 3.8) is 0 Å². The summed E-state index contributed by atoms with van der Waals surface area (Å²) >= 11 is 0. The summed E-state index contributed by atoms with van der Waals surface area (Å²) in [5.74, 6) is 0.340. The van der Waals surface area contributed by atoms with Crippen LogP contribution < -0.4 is 5.09 Å². The van der Waals surface area contributed by atoms with Gasteiger partial charge in [-0.1, -0.05) is 53.7 Å². The third-order valence-electron chi connectivity index (χ3n) is 5.67. The molecule has 1 unspecified atom stereocenters. The molecule has 2 N–H and O–H groups in total. The number of nitrogens with one attached hydrogen (secondary N) is 1. The van der Waals surface area contributed by atoms with Crippen LogP contribution >= 0.6 is 7.52 Å². The Balaban J connectivity index is 2.21. The first-order chi connectivity index (χ1) is 14.7. The molecule has 0 aromatic heterocycles. The van der Waals surface area contributed by atoms with Gasteiger partial charge < -0.3 is 14.4 Å². The van der Waals surface area contributed by atoms with E-state index in [1.807, 2.05) is 26.0 Å². The quantitative estimate of drug-likeness (QED) is 0.373. The molecule has 1 atom stereocenters. The van der Waals surface area contributed by atoms with Crippen molar-refractivity contribution >= 4 is 7.52 Å². The average Bonchev–Trinajstić information content (AvgIpc) is 2.65. The van der Waals surface area contributed by atoms with Crippen molar-refractivity contribution in [1.82, 2.24) is 9.99 Å². The fourth-order valence-electron chi connectivity index (χ4n) is 4.02. The molecule has 0 radical (unpaired) electrons. The molecule has 6 nitrogen and oxygen atoms in total. The zero-order chi connectivity index (χ0) is 24.2. The van der Waals surface area contributed by atoms with Crippen LogP contribution in [0.3, 0.4) is 0 Å². The molecule has 0 spiro atoms. The van der Waals surface area contributed by atoms with E-state index in [0.29, 0.717) is 18.5 Å². The Morgan fingerprint density at radius 2 is 1.62 bits per heavy atom. The molecule has 32 heavy (non-hydrogen) atoms. The van der Waals surface area contributed by atoms with Crippen LogP contribution in [-0.2, 0) is 30.8 Å². The number of benzene rings is 1. The predicted octanol–water partition coefficient (Wildman–Crippen LogP) is 5.42. The lowest BCUT2D eigenvalue weighted by atomic mass is 9.78. The van der Waals surface area contributed by atoms with Crippen molar-refractivity contribution in [2.24, 2.45) is 0 Å². The molecule has 0 bridgehead atoms. The van der Waals surface area contributed by atoms with Crippen molar-refractivity contribution in [1.29, 1.82) is 0 Å². The highest BCUT2D eigenvalue weighted by Crippen LogP contribution is 2.49. The van der Waals surface area contributed by atoms with Crippen LogP contribution in [0, 0.1) is 0 Å². The van der Waals surface area contributed by atoms with Gasteiger partial charge in [-0.05, 0) is 54.3 Å². The molecule has 0 saturated carbocycles. The molecule has 1 fully saturated rings. The van der Waals surface area contributed by atoms with Crippen LogP contribution in [0.5, 0.6) is 5.75 Å². The van der Waals surface area contributed by atoms with E-state index >= 15 is 0 Å². The van der Waals surface area contributed by atoms with Crippen molar-refractivity contribution in [2.75, 3.05) is 39.4 Å². The maximum atomic E-state index is 13.8. The third-order valence-corrected chi connectivity index (χ3v) is 7.91. The van der Waals surface area contributed by atoms with Gasteiger partial charge >= 0.3 is 0 Å². The van der Waals surface area contributed by atoms with Crippen molar-refractivity contribution in [3.05, 3.63) is 28.8 Å². The first-order valence-electron chi connectivity index (χ1n) is 11.9. The number of ether oxygens (including phenoxy) is 1. The molecule has 1 saturated heterocycles. The number of rotatable bonds is 9. The molecule has 1 aliphatic heterocycles. The van der Waals surface area contributed by atoms with Crippen molar-refractivity contribution < 1.29 is 18.9 Å². The Bertz CT molecular complexity index is 755. The highest BCUT2D eigenvalue weighted by atomic mass is 31.2. The highest BCUT2D eigenvalue weighted by molar-refractivity contribution is 7.56. The fourth-order valence-corrected chi connectivity index (χ4v) is 6.12. The van der Waals surface area contributed by atoms with Gasteiger partial charge in [-0.2, -0.15) is 0 Å². The molecule has 1 aliphatic rings. The smallest absolute Gasteiger partial charge is 0.274 e. The van der Waals surface area contributed by atoms with E-state index in [2.05, 4.69) is 51.5 Å². The van der Waals surface area contributed by atoms with Gasteiger partial charge in [0, 0.05) is 19.6 Å². The van der Waals surface area contributed by atoms with Gasteiger partial charge in [0.25, 0.3) is 7.52 Å². The molecule has 0 aliphatic carbocycles. The molecule has 1 aromatic rings. The van der Waals surface area contributed by atoms with Crippen LogP contribution in [0.4, 0.5) is 0 Å². The second-order valence-electron chi connectivity index (χ2n) is 11.2. The minimum absolute atomic E-state index is 0.145. The van der Waals surface area contributed by atoms with Gasteiger partial charge in [0.2, 0.25) is 0 Å². The summed E-state index contributed by atoms with van der Waals surface area (Å²) in [5, 5.41) is 14.3. The standard InChI is InChI=1S/C25H45N2O4P/c1-19(2)31-32(29,26-10-9-11-27-12-14-30-15-13-27)18-20-16-21(24(3,4)5)23(28)22(17-20)25(6,7)8/h16-17,19,28H,9-15,18H2,1-8H3,(H,26,29). The summed E-state index contributed by atoms with van der Waals surface area (Å²) in [4.78, 5) is 2.38. The van der Waals surface area contributed by atoms with E-state index in [9.17, 15) is 9.67 Å². The second kappa shape index (κ2) is 11.0. The minimum Gasteiger partial charge on any atom is -0.507 e. The van der Waals surface area contributed by atoms with E-state index in [0.717, 1.165) is 56.0 Å². The minimum atomic E-state index is -3.10. The number of phenols is 1. The predicted molar refractivity (Wildman–Crippen MR) is 133 cm³/mol. The maximum absolute atomic E-state index is 13.8. The molecular formula is C25H45N2O4P. The Morgan fingerprint density at radius 3 is 2.09 bits per heavy atom. The van der Waals surface area contributed by atoms with Crippen LogP contribution in [0.15, 0.2) is 12.1 Å². The Hall–Kier alpha value is -0.910. The fraction of sp³-hybridized carbons (Fsp3) is 0.760. The Morgan fingerprint density at radius 1 is 1.09 bits per heavy atom. The topological polar surface area (TPSA) is 71.0 Å². The maximum Gasteiger partial charge on any atom is 0.274 e. The zero-order valence-electron chi connectivity index (χ0n) is 21.5. The van der Waals surface area contributed by atoms with Crippen LogP contribution in [-0.4, -0.2) is 55.5 Å². The number of hydrogen-bond acceptors (Lipinski definition) is 5. The highest BCUT2D eigenvalue weighted by Gasteiger charge is 2.30. The summed E-state index contributed by atoms with van der Waals surface area (Å²) in [6.07, 6.45) is 1.06. The summed E-state index contributed by atoms with van der Waals surface area (Å²) < 4.78 is 25.2. The summed E-state index contributed by atoms with van der Waals surface area (Å²) in [7, 11) is -3.10. The largest absolute Gasteiger partial charge is 0.507 e. The molecule has 1 aromatic carbocycles. The first kappa shape index (κ1) is 27.3. The molecule has 0 amide bonds. The summed E-state index contributed by atoms with van der Waals surface area (Å²) in [6, 6.07) is 3.99. The van der Waals surface area contributed by atoms with Crippen molar-refractivity contribution in [2.45, 2.75) is 84.9 Å². The molecule has 184 valence electrons. The molecular weight excluding hydrogens is 423 g/mol. The van der Waals surface area contributed by atoms with Gasteiger partial charge in [0.15, 0.2) is 0 Å². The first-order valence-corrected chi connectivity index (χ1v) is 13.7. The monoisotopic (exact) mass is 468 g/mol. The lowest BCUT2D eigenvalue weighted by Crippen LogP contribution is -2.37. The number of phenolic OH excluding ortho intramolecular Hbond substituents is 1. The molecule has 1 heterocycles. The van der Waals surface area contributed by atoms with Gasteiger partial charge in [-0.15, -0.1) is 0 Å². The third kappa shape index (κ3) is 8.14. The Labute approximate surface area is 195 Å². The van der Waals surface area contributed by atoms with E-state index in [4.69, 9.17) is 9.26 Å². The van der Waals surface area contributed by atoms with Gasteiger partial charge in [0.05, 0.1) is 25.5 Å². The van der Waals surface area contributed by atoms with Gasteiger partial charge in [-0.3, -0.25) is 9.46 Å². The van der Waals surface area contributed by atoms with E-state index in [1.54, 1.807) is 0 Å². The SMILES string of the molecule is CC(C)OP(=O)(Cc1cc(C(C)(C)C)c(O)c(C(C)(C)C)c1)NCCCN1CCOCC1. The van der Waals surface area contributed by atoms with E-state index < -0.39 is 7.52 Å². The lowest BCUT2D eigenvalue weighted by molar-refractivity contribution is 0.0375. The van der Waals surface area contributed by atoms with Crippen molar-refractivity contribution in [3.8, 4) is 5.75 Å². The average molecular weight is 469 g/mol. The number of nitrogens with zero attached hydrogens (tertiary/aromatic N) is 1. The van der Waals surface area contributed by atoms with E-state index in [-0.39, 0.29) is 16.9 Å². The summed E-state index contributed by atoms with van der Waals surface area (Å²) in [5.41, 5.74) is 2.23. The number of aromatic hydroxyl groups is 1. The second-order valence-corrected chi connectivity index (χ2v) is 13.4. The number of hydrogen-bond donors (Lipinski definition) is 2. The molecule has 2 rings (SSSR count). The summed E-state index contributed by atoms with van der Waals surface area (Å²) in [6.45, 7) is 21.5. The van der Waals surface area contributed by atoms with Crippen LogP contribution in [0.1, 0.15) is 78.5 Å². The van der Waals surface area contributed by atoms with Gasteiger partial charge in [0.1, 0.15) is 5.75 Å².